The average molecular weight is 164 g/mol. The van der Waals surface area contributed by atoms with Crippen molar-refractivity contribution in [2.24, 2.45) is 0 Å². The molecule has 2 heterocycles. The van der Waals surface area contributed by atoms with E-state index in [0.29, 0.717) is 11.0 Å². The lowest BCUT2D eigenvalue weighted by Gasteiger charge is -1.88. The van der Waals surface area contributed by atoms with Crippen molar-refractivity contribution in [1.82, 2.24) is 15.0 Å². The van der Waals surface area contributed by atoms with Gasteiger partial charge in [-0.1, -0.05) is 9.97 Å². The summed E-state index contributed by atoms with van der Waals surface area (Å²) in [4.78, 5) is 19.7. The van der Waals surface area contributed by atoms with Crippen molar-refractivity contribution < 1.29 is 4.92 Å². The Bertz CT molecular complexity index is 436. The number of fused-ring (bicyclic) bond motifs is 1. The smallest absolute Gasteiger partial charge is 0.390 e. The highest BCUT2D eigenvalue weighted by Gasteiger charge is 2.10. The van der Waals surface area contributed by atoms with Crippen molar-refractivity contribution in [3.8, 4) is 0 Å². The molecular weight excluding hydrogens is 160 g/mol. The van der Waals surface area contributed by atoms with E-state index < -0.39 is 4.92 Å². The first-order valence-corrected chi connectivity index (χ1v) is 3.22. The molecule has 60 valence electrons. The van der Waals surface area contributed by atoms with Gasteiger partial charge in [0.15, 0.2) is 5.52 Å². The monoisotopic (exact) mass is 164 g/mol. The van der Waals surface area contributed by atoms with Crippen molar-refractivity contribution in [3.63, 3.8) is 0 Å². The van der Waals surface area contributed by atoms with Gasteiger partial charge < -0.3 is 15.1 Å². The normalized spacial score (nSPS) is 10.3. The summed E-state index contributed by atoms with van der Waals surface area (Å²) in [6.07, 6.45) is 3.05. The van der Waals surface area contributed by atoms with Gasteiger partial charge in [0, 0.05) is 6.20 Å². The third-order valence-electron chi connectivity index (χ3n) is 1.45. The zero-order chi connectivity index (χ0) is 8.55. The maximum absolute atomic E-state index is 10.2. The Balaban J connectivity index is 2.68. The average Bonchev–Trinajstić information content (AvgIpc) is 2.49. The number of hydrogen-bond acceptors (Lipinski definition) is 4. The molecule has 0 aromatic carbocycles. The number of nitrogens with zero attached hydrogens (tertiary/aromatic N) is 3. The second-order valence-corrected chi connectivity index (χ2v) is 2.20. The molecule has 0 aliphatic heterocycles. The van der Waals surface area contributed by atoms with E-state index in [1.165, 1.54) is 6.20 Å². The van der Waals surface area contributed by atoms with Crippen LogP contribution in [0.4, 0.5) is 5.95 Å². The first kappa shape index (κ1) is 6.71. The molecule has 2 aromatic heterocycles. The SMILES string of the molecule is O=[N+]([O-])c1ncc2[nH]ccc2n1. The zero-order valence-electron chi connectivity index (χ0n) is 5.89. The standard InChI is InChI=1S/C6H4N4O2/c11-10(12)6-8-3-5-4(9-6)1-2-7-5/h1-3,7H. The van der Waals surface area contributed by atoms with Crippen LogP contribution < -0.4 is 0 Å². The fourth-order valence-corrected chi connectivity index (χ4v) is 0.922. The molecule has 6 nitrogen and oxygen atoms in total. The minimum absolute atomic E-state index is 0.373. The second kappa shape index (κ2) is 2.26. The Kier molecular flexibility index (Phi) is 1.26. The number of nitrogens with one attached hydrogen (secondary N) is 1. The van der Waals surface area contributed by atoms with Gasteiger partial charge in [0.2, 0.25) is 0 Å². The largest absolute Gasteiger partial charge is 0.469 e. The van der Waals surface area contributed by atoms with Crippen molar-refractivity contribution >= 4 is 17.0 Å². The van der Waals surface area contributed by atoms with Gasteiger partial charge >= 0.3 is 5.95 Å². The number of hydrogen-bond donors (Lipinski definition) is 1. The highest BCUT2D eigenvalue weighted by atomic mass is 16.6. The van der Waals surface area contributed by atoms with Crippen LogP contribution in [-0.4, -0.2) is 19.9 Å². The number of H-pyrrole nitrogens is 1. The fraction of sp³-hybridized carbons (Fsp3) is 0. The third kappa shape index (κ3) is 0.895. The van der Waals surface area contributed by atoms with E-state index >= 15 is 0 Å². The molecule has 6 heteroatoms. The third-order valence-corrected chi connectivity index (χ3v) is 1.45. The molecule has 0 amide bonds. The fourth-order valence-electron chi connectivity index (χ4n) is 0.922. The van der Waals surface area contributed by atoms with Crippen molar-refractivity contribution in [2.75, 3.05) is 0 Å². The Morgan fingerprint density at radius 2 is 2.42 bits per heavy atom. The summed E-state index contributed by atoms with van der Waals surface area (Å²) in [5.74, 6) is -0.373. The van der Waals surface area contributed by atoms with Crippen molar-refractivity contribution in [1.29, 1.82) is 0 Å². The van der Waals surface area contributed by atoms with Crippen LogP contribution in [0.1, 0.15) is 0 Å². The first-order valence-electron chi connectivity index (χ1n) is 3.22. The predicted molar refractivity (Wildman–Crippen MR) is 40.5 cm³/mol. The number of rotatable bonds is 1. The summed E-state index contributed by atoms with van der Waals surface area (Å²) in [7, 11) is 0. The van der Waals surface area contributed by atoms with E-state index in [1.807, 2.05) is 0 Å². The number of aromatic nitrogens is 3. The Labute approximate surface area is 66.4 Å². The molecule has 0 unspecified atom stereocenters. The van der Waals surface area contributed by atoms with Crippen LogP contribution in [0.25, 0.3) is 11.0 Å². The van der Waals surface area contributed by atoms with Crippen LogP contribution in [0, 0.1) is 10.1 Å². The minimum Gasteiger partial charge on any atom is -0.390 e. The van der Waals surface area contributed by atoms with Crippen LogP contribution >= 0.6 is 0 Å². The van der Waals surface area contributed by atoms with Crippen LogP contribution in [-0.2, 0) is 0 Å². The molecule has 0 atom stereocenters. The van der Waals surface area contributed by atoms with Gasteiger partial charge in [0.25, 0.3) is 0 Å². The second-order valence-electron chi connectivity index (χ2n) is 2.20. The highest BCUT2D eigenvalue weighted by molar-refractivity contribution is 5.74. The Morgan fingerprint density at radius 1 is 1.58 bits per heavy atom. The van der Waals surface area contributed by atoms with Crippen LogP contribution in [0.5, 0.6) is 0 Å². The molecule has 0 saturated heterocycles. The molecule has 2 aromatic rings. The quantitative estimate of drug-likeness (QED) is 0.500. The summed E-state index contributed by atoms with van der Waals surface area (Å²) >= 11 is 0. The van der Waals surface area contributed by atoms with Gasteiger partial charge in [-0.25, -0.2) is 0 Å². The lowest BCUT2D eigenvalue weighted by atomic mass is 10.5. The summed E-state index contributed by atoms with van der Waals surface area (Å²) in [5, 5.41) is 10.2. The first-order chi connectivity index (χ1) is 5.77. The maximum atomic E-state index is 10.2. The molecule has 0 aliphatic carbocycles. The lowest BCUT2D eigenvalue weighted by Crippen LogP contribution is -1.94. The van der Waals surface area contributed by atoms with Crippen LogP contribution in [0.15, 0.2) is 18.5 Å². The van der Waals surface area contributed by atoms with E-state index in [1.54, 1.807) is 12.3 Å². The minimum atomic E-state index is -0.619. The van der Waals surface area contributed by atoms with Crippen molar-refractivity contribution in [2.45, 2.75) is 0 Å². The molecular formula is C6H4N4O2. The Morgan fingerprint density at radius 3 is 3.17 bits per heavy atom. The van der Waals surface area contributed by atoms with Gasteiger partial charge in [-0.15, -0.1) is 0 Å². The molecule has 0 radical (unpaired) electrons. The number of aromatic amines is 1. The highest BCUT2D eigenvalue weighted by Crippen LogP contribution is 2.10. The molecule has 0 fully saturated rings. The molecule has 0 bridgehead atoms. The summed E-state index contributed by atoms with van der Waals surface area (Å²) in [6, 6.07) is 1.66. The van der Waals surface area contributed by atoms with Gasteiger partial charge in [0.05, 0.1) is 0 Å². The van der Waals surface area contributed by atoms with Gasteiger partial charge in [-0.05, 0) is 11.0 Å². The Hall–Kier alpha value is -1.98. The lowest BCUT2D eigenvalue weighted by molar-refractivity contribution is -0.394. The van der Waals surface area contributed by atoms with Gasteiger partial charge in [0.1, 0.15) is 11.7 Å². The summed E-state index contributed by atoms with van der Waals surface area (Å²) in [5.41, 5.74) is 1.25. The maximum Gasteiger partial charge on any atom is 0.469 e. The molecule has 0 aliphatic rings. The number of nitro groups is 1. The van der Waals surface area contributed by atoms with Crippen LogP contribution in [0.3, 0.4) is 0 Å². The van der Waals surface area contributed by atoms with Crippen molar-refractivity contribution in [3.05, 3.63) is 28.6 Å². The van der Waals surface area contributed by atoms with E-state index in [4.69, 9.17) is 0 Å². The molecule has 2 rings (SSSR count). The van der Waals surface area contributed by atoms with E-state index in [2.05, 4.69) is 15.0 Å². The summed E-state index contributed by atoms with van der Waals surface area (Å²) < 4.78 is 0. The van der Waals surface area contributed by atoms with E-state index in [0.717, 1.165) is 0 Å². The molecule has 0 spiro atoms. The molecule has 12 heavy (non-hydrogen) atoms. The predicted octanol–water partition coefficient (Wildman–Crippen LogP) is 0.866. The summed E-state index contributed by atoms with van der Waals surface area (Å²) in [6.45, 7) is 0. The zero-order valence-corrected chi connectivity index (χ0v) is 5.89. The van der Waals surface area contributed by atoms with Crippen LogP contribution in [0.2, 0.25) is 0 Å². The van der Waals surface area contributed by atoms with E-state index in [-0.39, 0.29) is 5.95 Å². The topological polar surface area (TPSA) is 84.7 Å². The molecule has 1 N–H and O–H groups in total. The van der Waals surface area contributed by atoms with Gasteiger partial charge in [-0.3, -0.25) is 0 Å². The van der Waals surface area contributed by atoms with Gasteiger partial charge in [-0.2, -0.15) is 0 Å². The van der Waals surface area contributed by atoms with E-state index in [9.17, 15) is 10.1 Å². The molecule has 0 saturated carbocycles.